The molecule has 2 unspecified atom stereocenters. The molecule has 16 heavy (non-hydrogen) atoms. The van der Waals surface area contributed by atoms with Crippen molar-refractivity contribution in [3.63, 3.8) is 0 Å². The van der Waals surface area contributed by atoms with Gasteiger partial charge < -0.3 is 15.5 Å². The number of hydrogen-bond acceptors (Lipinski definition) is 3. The summed E-state index contributed by atoms with van der Waals surface area (Å²) in [7, 11) is 1.57. The van der Waals surface area contributed by atoms with Gasteiger partial charge in [-0.2, -0.15) is 0 Å². The number of rotatable bonds is 5. The number of carbonyl (C=O) groups is 1. The van der Waals surface area contributed by atoms with Crippen molar-refractivity contribution < 1.29 is 19.4 Å². The van der Waals surface area contributed by atoms with Crippen molar-refractivity contribution in [3.05, 3.63) is 35.6 Å². The first-order valence-corrected chi connectivity index (χ1v) is 4.87. The molecule has 0 heterocycles. The van der Waals surface area contributed by atoms with Crippen LogP contribution in [0.5, 0.6) is 0 Å². The number of benzene rings is 1. The molecule has 0 saturated heterocycles. The van der Waals surface area contributed by atoms with Crippen LogP contribution in [0.2, 0.25) is 0 Å². The third-order valence-corrected chi connectivity index (χ3v) is 2.36. The van der Waals surface area contributed by atoms with Crippen LogP contribution in [0.1, 0.15) is 18.1 Å². The van der Waals surface area contributed by atoms with Gasteiger partial charge in [0, 0.05) is 6.04 Å². The average molecular weight is 227 g/mol. The van der Waals surface area contributed by atoms with Gasteiger partial charge in [-0.3, -0.25) is 4.79 Å². The first-order chi connectivity index (χ1) is 7.54. The van der Waals surface area contributed by atoms with Crippen LogP contribution in [0.4, 0.5) is 4.39 Å². The molecule has 0 radical (unpaired) electrons. The van der Waals surface area contributed by atoms with E-state index in [1.54, 1.807) is 7.05 Å². The normalized spacial score (nSPS) is 14.4. The molecule has 0 saturated carbocycles. The fourth-order valence-corrected chi connectivity index (χ4v) is 1.45. The molecule has 1 aromatic carbocycles. The summed E-state index contributed by atoms with van der Waals surface area (Å²) in [6.45, 7) is 0. The zero-order valence-electron chi connectivity index (χ0n) is 8.85. The minimum atomic E-state index is -1.000. The van der Waals surface area contributed by atoms with Crippen LogP contribution >= 0.6 is 0 Å². The highest BCUT2D eigenvalue weighted by molar-refractivity contribution is 5.67. The van der Waals surface area contributed by atoms with E-state index in [-0.39, 0.29) is 6.42 Å². The number of hydrogen-bond donors (Lipinski definition) is 3. The Bertz CT molecular complexity index is 353. The summed E-state index contributed by atoms with van der Waals surface area (Å²) >= 11 is 0. The second kappa shape index (κ2) is 5.58. The Morgan fingerprint density at radius 2 is 2.00 bits per heavy atom. The molecule has 0 amide bonds. The maximum absolute atomic E-state index is 12.7. The monoisotopic (exact) mass is 227 g/mol. The van der Waals surface area contributed by atoms with Gasteiger partial charge in [-0.25, -0.2) is 4.39 Å². The van der Waals surface area contributed by atoms with Crippen LogP contribution in [0, 0.1) is 5.82 Å². The molecular weight excluding hydrogens is 213 g/mol. The molecule has 0 bridgehead atoms. The van der Waals surface area contributed by atoms with Crippen LogP contribution in [-0.4, -0.2) is 29.3 Å². The van der Waals surface area contributed by atoms with Gasteiger partial charge >= 0.3 is 5.97 Å². The highest BCUT2D eigenvalue weighted by Crippen LogP contribution is 2.19. The van der Waals surface area contributed by atoms with E-state index in [0.29, 0.717) is 5.56 Å². The lowest BCUT2D eigenvalue weighted by Gasteiger charge is -2.21. The second-order valence-corrected chi connectivity index (χ2v) is 3.49. The topological polar surface area (TPSA) is 69.6 Å². The summed E-state index contributed by atoms with van der Waals surface area (Å²) in [6.07, 6.45) is -1.17. The first kappa shape index (κ1) is 12.6. The first-order valence-electron chi connectivity index (χ1n) is 4.87. The SMILES string of the molecule is CNC(CC(=O)O)C(O)c1ccc(F)cc1. The zero-order valence-corrected chi connectivity index (χ0v) is 8.85. The fourth-order valence-electron chi connectivity index (χ4n) is 1.45. The Labute approximate surface area is 92.7 Å². The number of aliphatic carboxylic acids is 1. The number of aliphatic hydroxyl groups is 1. The molecule has 4 nitrogen and oxygen atoms in total. The average Bonchev–Trinajstić information content (AvgIpc) is 2.25. The van der Waals surface area contributed by atoms with Crippen LogP contribution in [0.15, 0.2) is 24.3 Å². The van der Waals surface area contributed by atoms with E-state index < -0.39 is 23.9 Å². The van der Waals surface area contributed by atoms with Crippen LogP contribution in [-0.2, 0) is 4.79 Å². The Hall–Kier alpha value is -1.46. The molecule has 1 rings (SSSR count). The molecule has 3 N–H and O–H groups in total. The quantitative estimate of drug-likeness (QED) is 0.699. The molecule has 0 aliphatic rings. The minimum absolute atomic E-state index is 0.199. The number of carboxylic acid groups (broad SMARTS) is 1. The van der Waals surface area contributed by atoms with Gasteiger partial charge in [0.25, 0.3) is 0 Å². The van der Waals surface area contributed by atoms with Gasteiger partial charge in [0.1, 0.15) is 5.82 Å². The Balaban J connectivity index is 2.78. The highest BCUT2D eigenvalue weighted by atomic mass is 19.1. The number of halogens is 1. The van der Waals surface area contributed by atoms with Gasteiger partial charge in [0.15, 0.2) is 0 Å². The zero-order chi connectivity index (χ0) is 12.1. The highest BCUT2D eigenvalue weighted by Gasteiger charge is 2.21. The molecule has 88 valence electrons. The lowest BCUT2D eigenvalue weighted by Crippen LogP contribution is -2.34. The molecule has 0 aromatic heterocycles. The van der Waals surface area contributed by atoms with Crippen molar-refractivity contribution in [3.8, 4) is 0 Å². The third-order valence-electron chi connectivity index (χ3n) is 2.36. The number of aliphatic hydroxyl groups excluding tert-OH is 1. The summed E-state index contributed by atoms with van der Waals surface area (Å²) in [6, 6.07) is 4.74. The predicted octanol–water partition coefficient (Wildman–Crippen LogP) is 0.922. The molecule has 0 aliphatic carbocycles. The van der Waals surface area contributed by atoms with Gasteiger partial charge in [-0.05, 0) is 24.7 Å². The van der Waals surface area contributed by atoms with E-state index in [1.165, 1.54) is 24.3 Å². The van der Waals surface area contributed by atoms with Crippen molar-refractivity contribution in [2.75, 3.05) is 7.05 Å². The Morgan fingerprint density at radius 3 is 2.44 bits per heavy atom. The molecule has 0 fully saturated rings. The van der Waals surface area contributed by atoms with Crippen molar-refractivity contribution in [1.29, 1.82) is 0 Å². The summed E-state index contributed by atoms with van der Waals surface area (Å²) < 4.78 is 12.7. The maximum Gasteiger partial charge on any atom is 0.305 e. The smallest absolute Gasteiger partial charge is 0.305 e. The summed E-state index contributed by atoms with van der Waals surface area (Å²) in [4.78, 5) is 10.5. The van der Waals surface area contributed by atoms with E-state index in [9.17, 15) is 14.3 Å². The molecule has 0 aliphatic heterocycles. The minimum Gasteiger partial charge on any atom is -0.481 e. The Morgan fingerprint density at radius 1 is 1.44 bits per heavy atom. The van der Waals surface area contributed by atoms with Crippen molar-refractivity contribution in [2.24, 2.45) is 0 Å². The largest absolute Gasteiger partial charge is 0.481 e. The lowest BCUT2D eigenvalue weighted by atomic mass is 10.00. The summed E-state index contributed by atoms with van der Waals surface area (Å²) in [5, 5.41) is 21.2. The van der Waals surface area contributed by atoms with E-state index >= 15 is 0 Å². The number of likely N-dealkylation sites (N-methyl/N-ethyl adjacent to an activating group) is 1. The maximum atomic E-state index is 12.7. The number of carboxylic acids is 1. The van der Waals surface area contributed by atoms with Crippen LogP contribution in [0.3, 0.4) is 0 Å². The lowest BCUT2D eigenvalue weighted by molar-refractivity contribution is -0.138. The van der Waals surface area contributed by atoms with E-state index in [4.69, 9.17) is 5.11 Å². The van der Waals surface area contributed by atoms with Crippen LogP contribution < -0.4 is 5.32 Å². The van der Waals surface area contributed by atoms with Crippen molar-refractivity contribution in [1.82, 2.24) is 5.32 Å². The van der Waals surface area contributed by atoms with Crippen molar-refractivity contribution >= 4 is 5.97 Å². The third kappa shape index (κ3) is 3.29. The summed E-state index contributed by atoms with van der Waals surface area (Å²) in [5.74, 6) is -1.39. The standard InChI is InChI=1S/C11H14FNO3/c1-13-9(6-10(14)15)11(16)7-2-4-8(12)5-3-7/h2-5,9,11,13,16H,6H2,1H3,(H,14,15). The van der Waals surface area contributed by atoms with Crippen LogP contribution in [0.25, 0.3) is 0 Å². The van der Waals surface area contributed by atoms with Gasteiger partial charge in [-0.15, -0.1) is 0 Å². The molecule has 5 heteroatoms. The second-order valence-electron chi connectivity index (χ2n) is 3.49. The van der Waals surface area contributed by atoms with E-state index in [2.05, 4.69) is 5.32 Å². The molecule has 0 spiro atoms. The fraction of sp³-hybridized carbons (Fsp3) is 0.364. The van der Waals surface area contributed by atoms with E-state index in [1.807, 2.05) is 0 Å². The Kier molecular flexibility index (Phi) is 4.39. The van der Waals surface area contributed by atoms with E-state index in [0.717, 1.165) is 0 Å². The van der Waals surface area contributed by atoms with Gasteiger partial charge in [0.05, 0.1) is 12.5 Å². The molecular formula is C11H14FNO3. The predicted molar refractivity (Wildman–Crippen MR) is 56.5 cm³/mol. The molecule has 2 atom stereocenters. The molecule has 1 aromatic rings. The van der Waals surface area contributed by atoms with Gasteiger partial charge in [0.2, 0.25) is 0 Å². The summed E-state index contributed by atoms with van der Waals surface area (Å²) in [5.41, 5.74) is 0.488. The van der Waals surface area contributed by atoms with Crippen molar-refractivity contribution in [2.45, 2.75) is 18.6 Å². The van der Waals surface area contributed by atoms with Gasteiger partial charge in [-0.1, -0.05) is 12.1 Å². The number of nitrogens with one attached hydrogen (secondary N) is 1.